The molecular weight excluding hydrogens is 274 g/mol. The zero-order chi connectivity index (χ0) is 15.7. The Labute approximate surface area is 126 Å². The summed E-state index contributed by atoms with van der Waals surface area (Å²) in [6.45, 7) is 7.45. The van der Waals surface area contributed by atoms with E-state index in [9.17, 15) is 8.78 Å². The Bertz CT molecular complexity index is 415. The molecule has 0 fully saturated rings. The summed E-state index contributed by atoms with van der Waals surface area (Å²) < 4.78 is 32.7. The lowest BCUT2D eigenvalue weighted by Gasteiger charge is -2.25. The first-order valence-electron chi connectivity index (χ1n) is 7.53. The van der Waals surface area contributed by atoms with Crippen LogP contribution < -0.4 is 5.32 Å². The van der Waals surface area contributed by atoms with Crippen LogP contribution in [0, 0.1) is 11.6 Å². The van der Waals surface area contributed by atoms with Crippen molar-refractivity contribution in [1.29, 1.82) is 0 Å². The molecule has 0 saturated heterocycles. The van der Waals surface area contributed by atoms with Gasteiger partial charge in [-0.1, -0.05) is 19.1 Å². The van der Waals surface area contributed by atoms with Crippen LogP contribution in [-0.4, -0.2) is 44.8 Å². The van der Waals surface area contributed by atoms with Crippen LogP contribution >= 0.6 is 0 Å². The van der Waals surface area contributed by atoms with E-state index >= 15 is 0 Å². The molecule has 1 unspecified atom stereocenters. The number of nitrogens with one attached hydrogen (secondary N) is 1. The largest absolute Gasteiger partial charge is 0.380 e. The van der Waals surface area contributed by atoms with Crippen molar-refractivity contribution in [2.45, 2.75) is 26.3 Å². The molecule has 0 aliphatic heterocycles. The smallest absolute Gasteiger partial charge is 0.163 e. The molecule has 1 atom stereocenters. The number of hydrogen-bond donors (Lipinski definition) is 1. The van der Waals surface area contributed by atoms with Gasteiger partial charge < -0.3 is 15.0 Å². The van der Waals surface area contributed by atoms with Gasteiger partial charge in [0.05, 0.1) is 6.61 Å². The fourth-order valence-corrected chi connectivity index (χ4v) is 2.15. The Morgan fingerprint density at radius 2 is 2.05 bits per heavy atom. The van der Waals surface area contributed by atoms with Gasteiger partial charge in [-0.05, 0) is 33.0 Å². The van der Waals surface area contributed by atoms with Crippen LogP contribution in [0.1, 0.15) is 31.9 Å². The summed E-state index contributed by atoms with van der Waals surface area (Å²) in [7, 11) is 1.96. The van der Waals surface area contributed by atoms with E-state index in [4.69, 9.17) is 4.74 Å². The monoisotopic (exact) mass is 300 g/mol. The first-order valence-corrected chi connectivity index (χ1v) is 7.53. The summed E-state index contributed by atoms with van der Waals surface area (Å²) in [4.78, 5) is 2.06. The molecule has 1 N–H and O–H groups in total. The van der Waals surface area contributed by atoms with Gasteiger partial charge in [-0.3, -0.25) is 0 Å². The maximum atomic E-state index is 14.0. The van der Waals surface area contributed by atoms with E-state index in [1.54, 1.807) is 12.1 Å². The van der Waals surface area contributed by atoms with Gasteiger partial charge in [0.15, 0.2) is 11.6 Å². The maximum Gasteiger partial charge on any atom is 0.163 e. The molecule has 0 radical (unpaired) electrons. The summed E-state index contributed by atoms with van der Waals surface area (Å²) in [5, 5.41) is 3.29. The number of ether oxygens (including phenoxy) is 1. The van der Waals surface area contributed by atoms with Crippen molar-refractivity contribution >= 4 is 0 Å². The zero-order valence-electron chi connectivity index (χ0n) is 13.2. The number of likely N-dealkylation sites (N-methyl/N-ethyl adjacent to an activating group) is 1. The van der Waals surface area contributed by atoms with Crippen LogP contribution in [0.2, 0.25) is 0 Å². The van der Waals surface area contributed by atoms with Crippen LogP contribution in [0.5, 0.6) is 0 Å². The molecule has 1 rings (SSSR count). The molecule has 0 aromatic heterocycles. The average Bonchev–Trinajstić information content (AvgIpc) is 2.47. The minimum absolute atomic E-state index is 0.229. The summed E-state index contributed by atoms with van der Waals surface area (Å²) in [6, 6.07) is 4.11. The second kappa shape index (κ2) is 9.82. The van der Waals surface area contributed by atoms with Gasteiger partial charge in [-0.15, -0.1) is 0 Å². The normalized spacial score (nSPS) is 12.9. The number of benzene rings is 1. The third kappa shape index (κ3) is 6.08. The molecule has 1 aromatic carbocycles. The molecule has 0 saturated carbocycles. The molecule has 5 heteroatoms. The van der Waals surface area contributed by atoms with Gasteiger partial charge in [0, 0.05) is 31.3 Å². The minimum Gasteiger partial charge on any atom is -0.380 e. The van der Waals surface area contributed by atoms with E-state index in [-0.39, 0.29) is 6.04 Å². The molecule has 21 heavy (non-hydrogen) atoms. The number of hydrogen-bond acceptors (Lipinski definition) is 3. The topological polar surface area (TPSA) is 24.5 Å². The molecule has 3 nitrogen and oxygen atoms in total. The zero-order valence-corrected chi connectivity index (χ0v) is 13.2. The van der Waals surface area contributed by atoms with Crippen molar-refractivity contribution in [2.24, 2.45) is 0 Å². The highest BCUT2D eigenvalue weighted by Gasteiger charge is 2.19. The molecule has 120 valence electrons. The second-order valence-corrected chi connectivity index (χ2v) is 5.11. The lowest BCUT2D eigenvalue weighted by atomic mass is 10.1. The van der Waals surface area contributed by atoms with Crippen molar-refractivity contribution in [3.8, 4) is 0 Å². The van der Waals surface area contributed by atoms with Gasteiger partial charge in [0.1, 0.15) is 0 Å². The second-order valence-electron chi connectivity index (χ2n) is 5.11. The molecule has 0 aliphatic rings. The highest BCUT2D eigenvalue weighted by Crippen LogP contribution is 2.20. The van der Waals surface area contributed by atoms with E-state index in [0.29, 0.717) is 25.3 Å². The van der Waals surface area contributed by atoms with Crippen LogP contribution in [0.3, 0.4) is 0 Å². The molecular formula is C16H26F2N2O. The number of nitrogens with zero attached hydrogens (tertiary/aromatic N) is 1. The molecule has 0 bridgehead atoms. The molecule has 0 amide bonds. The molecule has 1 aromatic rings. The Morgan fingerprint density at radius 3 is 2.71 bits per heavy atom. The summed E-state index contributed by atoms with van der Waals surface area (Å²) in [5.74, 6) is -1.56. The summed E-state index contributed by atoms with van der Waals surface area (Å²) in [6.07, 6.45) is 0.941. The number of halogens is 2. The van der Waals surface area contributed by atoms with Gasteiger partial charge in [0.25, 0.3) is 0 Å². The first kappa shape index (κ1) is 18.0. The van der Waals surface area contributed by atoms with E-state index in [2.05, 4.69) is 10.2 Å². The predicted octanol–water partition coefficient (Wildman–Crippen LogP) is 2.97. The lowest BCUT2D eigenvalue weighted by molar-refractivity contribution is 0.118. The lowest BCUT2D eigenvalue weighted by Crippen LogP contribution is -2.35. The summed E-state index contributed by atoms with van der Waals surface area (Å²) >= 11 is 0. The Hall–Kier alpha value is -1.04. The molecule has 0 spiro atoms. The number of rotatable bonds is 10. The quantitative estimate of drug-likeness (QED) is 0.672. The highest BCUT2D eigenvalue weighted by molar-refractivity contribution is 5.23. The first-order chi connectivity index (χ1) is 10.1. The van der Waals surface area contributed by atoms with E-state index in [1.165, 1.54) is 0 Å². The minimum atomic E-state index is -0.798. The van der Waals surface area contributed by atoms with Crippen LogP contribution in [0.4, 0.5) is 8.78 Å². The predicted molar refractivity (Wildman–Crippen MR) is 81.4 cm³/mol. The van der Waals surface area contributed by atoms with Crippen molar-refractivity contribution in [2.75, 3.05) is 39.9 Å². The Balaban J connectivity index is 2.73. The Kier molecular flexibility index (Phi) is 8.42. The van der Waals surface area contributed by atoms with Crippen molar-refractivity contribution in [1.82, 2.24) is 10.2 Å². The average molecular weight is 300 g/mol. The van der Waals surface area contributed by atoms with E-state index in [1.807, 2.05) is 20.9 Å². The van der Waals surface area contributed by atoms with Gasteiger partial charge in [-0.2, -0.15) is 0 Å². The maximum absolute atomic E-state index is 14.0. The van der Waals surface area contributed by atoms with Gasteiger partial charge >= 0.3 is 0 Å². The Morgan fingerprint density at radius 1 is 1.29 bits per heavy atom. The van der Waals surface area contributed by atoms with Crippen molar-refractivity contribution < 1.29 is 13.5 Å². The van der Waals surface area contributed by atoms with Crippen LogP contribution in [0.25, 0.3) is 0 Å². The van der Waals surface area contributed by atoms with Gasteiger partial charge in [0.2, 0.25) is 0 Å². The van der Waals surface area contributed by atoms with E-state index < -0.39 is 11.6 Å². The van der Waals surface area contributed by atoms with Crippen molar-refractivity contribution in [3.63, 3.8) is 0 Å². The van der Waals surface area contributed by atoms with Crippen molar-refractivity contribution in [3.05, 3.63) is 35.4 Å². The van der Waals surface area contributed by atoms with Gasteiger partial charge in [-0.25, -0.2) is 8.78 Å². The molecule has 0 heterocycles. The third-order valence-corrected chi connectivity index (χ3v) is 3.31. The SMILES string of the molecule is CCCNC(CN(C)CCOCC)c1cccc(F)c1F. The molecule has 0 aliphatic carbocycles. The fourth-order valence-electron chi connectivity index (χ4n) is 2.15. The fraction of sp³-hybridized carbons (Fsp3) is 0.625. The highest BCUT2D eigenvalue weighted by atomic mass is 19.2. The third-order valence-electron chi connectivity index (χ3n) is 3.31. The summed E-state index contributed by atoms with van der Waals surface area (Å²) in [5.41, 5.74) is 0.381. The standard InChI is InChI=1S/C16H26F2N2O/c1-4-9-19-15(12-20(3)10-11-21-5-2)13-7-6-8-14(17)16(13)18/h6-8,15,19H,4-5,9-12H2,1-3H3. The van der Waals surface area contributed by atoms with E-state index in [0.717, 1.165) is 25.6 Å². The van der Waals surface area contributed by atoms with Crippen LogP contribution in [-0.2, 0) is 4.74 Å². The van der Waals surface area contributed by atoms with Crippen LogP contribution in [0.15, 0.2) is 18.2 Å².